The number of benzene rings is 3. The third kappa shape index (κ3) is 3.43. The number of carbonyl (C=O) groups excluding carboxylic acids is 2. The van der Waals surface area contributed by atoms with E-state index in [0.717, 1.165) is 33.3 Å². The number of ether oxygens (including phenoxy) is 1. The van der Waals surface area contributed by atoms with Gasteiger partial charge < -0.3 is 15.0 Å². The van der Waals surface area contributed by atoms with Crippen molar-refractivity contribution < 1.29 is 14.3 Å². The fraction of sp³-hybridized carbons (Fsp3) is 0.217. The minimum Gasteiger partial charge on any atom is -0.492 e. The molecule has 28 heavy (non-hydrogen) atoms. The third-order valence-corrected chi connectivity index (χ3v) is 4.95. The van der Waals surface area contributed by atoms with Crippen LogP contribution < -0.4 is 15.0 Å². The summed E-state index contributed by atoms with van der Waals surface area (Å²) in [6.07, 6.45) is 0. The van der Waals surface area contributed by atoms with Gasteiger partial charge in [-0.3, -0.25) is 9.59 Å². The molecule has 3 aromatic rings. The first-order chi connectivity index (χ1) is 13.5. The summed E-state index contributed by atoms with van der Waals surface area (Å²) in [6, 6.07) is 19.3. The van der Waals surface area contributed by atoms with Crippen LogP contribution >= 0.6 is 0 Å². The Bertz CT molecular complexity index is 1060. The normalized spacial score (nSPS) is 15.6. The molecule has 1 aliphatic heterocycles. The molecule has 0 aromatic heterocycles. The summed E-state index contributed by atoms with van der Waals surface area (Å²) in [5.41, 5.74) is 2.72. The molecule has 0 saturated heterocycles. The van der Waals surface area contributed by atoms with E-state index < -0.39 is 6.04 Å². The second-order valence-electron chi connectivity index (χ2n) is 7.04. The lowest BCUT2D eigenvalue weighted by Crippen LogP contribution is -2.38. The maximum atomic E-state index is 12.9. The molecule has 1 heterocycles. The number of hydrogen-bond acceptors (Lipinski definition) is 3. The number of nitrogens with zero attached hydrogens (tertiary/aromatic N) is 1. The lowest BCUT2D eigenvalue weighted by Gasteiger charge is -2.18. The zero-order chi connectivity index (χ0) is 19.7. The van der Waals surface area contributed by atoms with Crippen LogP contribution in [0.1, 0.15) is 24.1 Å². The van der Waals surface area contributed by atoms with Gasteiger partial charge >= 0.3 is 0 Å². The molecule has 0 bridgehead atoms. The molecule has 5 heteroatoms. The Labute approximate surface area is 163 Å². The maximum absolute atomic E-state index is 12.9. The lowest BCUT2D eigenvalue weighted by molar-refractivity contribution is -0.126. The number of amides is 2. The Kier molecular flexibility index (Phi) is 4.74. The highest BCUT2D eigenvalue weighted by atomic mass is 16.5. The highest BCUT2D eigenvalue weighted by molar-refractivity contribution is 6.06. The minimum absolute atomic E-state index is 0.127. The number of carbonyl (C=O) groups is 2. The number of rotatable bonds is 5. The predicted molar refractivity (Wildman–Crippen MR) is 110 cm³/mol. The molecule has 0 saturated carbocycles. The lowest BCUT2D eigenvalue weighted by atomic mass is 10.1. The van der Waals surface area contributed by atoms with E-state index >= 15 is 0 Å². The van der Waals surface area contributed by atoms with E-state index in [9.17, 15) is 9.59 Å². The monoisotopic (exact) mass is 374 g/mol. The van der Waals surface area contributed by atoms with Gasteiger partial charge in [-0.1, -0.05) is 48.0 Å². The zero-order valence-electron chi connectivity index (χ0n) is 15.9. The van der Waals surface area contributed by atoms with Gasteiger partial charge in [-0.25, -0.2) is 0 Å². The van der Waals surface area contributed by atoms with E-state index in [4.69, 9.17) is 4.74 Å². The molecular formula is C23H22N2O3. The van der Waals surface area contributed by atoms with Crippen molar-refractivity contribution in [1.29, 1.82) is 0 Å². The Morgan fingerprint density at radius 3 is 2.64 bits per heavy atom. The highest BCUT2D eigenvalue weighted by Crippen LogP contribution is 2.36. The van der Waals surface area contributed by atoms with Crippen molar-refractivity contribution in [1.82, 2.24) is 5.32 Å². The molecule has 5 nitrogen and oxygen atoms in total. The predicted octanol–water partition coefficient (Wildman–Crippen LogP) is 3.75. The van der Waals surface area contributed by atoms with Gasteiger partial charge in [0.1, 0.15) is 18.4 Å². The van der Waals surface area contributed by atoms with Gasteiger partial charge in [0.05, 0.1) is 6.54 Å². The molecule has 0 aliphatic carbocycles. The first-order valence-electron chi connectivity index (χ1n) is 9.33. The molecule has 3 aromatic carbocycles. The summed E-state index contributed by atoms with van der Waals surface area (Å²) in [7, 11) is 0. The van der Waals surface area contributed by atoms with Gasteiger partial charge in [0, 0.05) is 18.2 Å². The average molecular weight is 374 g/mol. The summed E-state index contributed by atoms with van der Waals surface area (Å²) in [5, 5.41) is 5.04. The first-order valence-corrected chi connectivity index (χ1v) is 9.33. The number of hydrogen-bond donors (Lipinski definition) is 1. The van der Waals surface area contributed by atoms with Crippen LogP contribution in [0.15, 0.2) is 60.7 Å². The van der Waals surface area contributed by atoms with Crippen molar-refractivity contribution in [2.45, 2.75) is 19.9 Å². The van der Waals surface area contributed by atoms with Gasteiger partial charge in [0.15, 0.2) is 0 Å². The van der Waals surface area contributed by atoms with Gasteiger partial charge in [0.25, 0.3) is 5.91 Å². The van der Waals surface area contributed by atoms with Crippen molar-refractivity contribution >= 4 is 28.3 Å². The van der Waals surface area contributed by atoms with Gasteiger partial charge in [-0.05, 0) is 35.9 Å². The smallest absolute Gasteiger partial charge is 0.254 e. The van der Waals surface area contributed by atoms with Crippen molar-refractivity contribution in [2.75, 3.05) is 18.1 Å². The molecule has 0 spiro atoms. The van der Waals surface area contributed by atoms with E-state index in [1.165, 1.54) is 6.92 Å². The molecule has 1 aliphatic rings. The summed E-state index contributed by atoms with van der Waals surface area (Å²) in [4.78, 5) is 26.1. The number of nitrogens with one attached hydrogen (secondary N) is 1. The number of fused-ring (bicyclic) bond motifs is 2. The summed E-state index contributed by atoms with van der Waals surface area (Å²) in [5.74, 6) is 0.422. The SMILES string of the molecule is CC(=O)N[C@H]1C(=O)N(CCOc2ccc3ccccc3c2)c2ccc(C)cc21. The largest absolute Gasteiger partial charge is 0.492 e. The molecule has 1 N–H and O–H groups in total. The first kappa shape index (κ1) is 18.0. The van der Waals surface area contributed by atoms with Crippen LogP contribution in [0.5, 0.6) is 5.75 Å². The van der Waals surface area contributed by atoms with E-state index in [1.807, 2.05) is 61.5 Å². The third-order valence-electron chi connectivity index (χ3n) is 4.95. The maximum Gasteiger partial charge on any atom is 0.254 e. The van der Waals surface area contributed by atoms with Crippen LogP contribution in [-0.4, -0.2) is 25.0 Å². The zero-order valence-corrected chi connectivity index (χ0v) is 15.9. The van der Waals surface area contributed by atoms with Crippen LogP contribution in [0.25, 0.3) is 10.8 Å². The highest BCUT2D eigenvalue weighted by Gasteiger charge is 2.37. The second-order valence-corrected chi connectivity index (χ2v) is 7.04. The Morgan fingerprint density at radius 1 is 1.07 bits per heavy atom. The van der Waals surface area contributed by atoms with Crippen molar-refractivity contribution in [2.24, 2.45) is 0 Å². The summed E-state index contributed by atoms with van der Waals surface area (Å²) < 4.78 is 5.90. The number of anilines is 1. The van der Waals surface area contributed by atoms with Gasteiger partial charge in [-0.15, -0.1) is 0 Å². The van der Waals surface area contributed by atoms with Crippen molar-refractivity contribution in [3.63, 3.8) is 0 Å². The van der Waals surface area contributed by atoms with Crippen LogP contribution in [0.3, 0.4) is 0 Å². The summed E-state index contributed by atoms with van der Waals surface area (Å²) in [6.45, 7) is 4.18. The fourth-order valence-corrected chi connectivity index (χ4v) is 3.64. The van der Waals surface area contributed by atoms with Crippen LogP contribution in [0.4, 0.5) is 5.69 Å². The van der Waals surface area contributed by atoms with Crippen LogP contribution in [0.2, 0.25) is 0 Å². The number of aryl methyl sites for hydroxylation is 1. The molecule has 0 radical (unpaired) electrons. The Balaban J connectivity index is 1.49. The van der Waals surface area contributed by atoms with Crippen LogP contribution in [-0.2, 0) is 9.59 Å². The second kappa shape index (κ2) is 7.35. The molecule has 1 atom stereocenters. The summed E-state index contributed by atoms with van der Waals surface area (Å²) >= 11 is 0. The van der Waals surface area contributed by atoms with Gasteiger partial charge in [0.2, 0.25) is 5.91 Å². The molecule has 4 rings (SSSR count). The van der Waals surface area contributed by atoms with E-state index in [0.29, 0.717) is 13.2 Å². The molecule has 2 amide bonds. The van der Waals surface area contributed by atoms with Crippen molar-refractivity contribution in [3.8, 4) is 5.75 Å². The minimum atomic E-state index is -0.631. The molecule has 0 fully saturated rings. The molecule has 0 unspecified atom stereocenters. The Morgan fingerprint density at radius 2 is 1.86 bits per heavy atom. The quantitative estimate of drug-likeness (QED) is 0.740. The molecule has 142 valence electrons. The van der Waals surface area contributed by atoms with Crippen LogP contribution in [0, 0.1) is 6.92 Å². The van der Waals surface area contributed by atoms with E-state index in [-0.39, 0.29) is 11.8 Å². The topological polar surface area (TPSA) is 58.6 Å². The van der Waals surface area contributed by atoms with Gasteiger partial charge in [-0.2, -0.15) is 0 Å². The average Bonchev–Trinajstić information content (AvgIpc) is 2.92. The van der Waals surface area contributed by atoms with Crippen molar-refractivity contribution in [3.05, 3.63) is 71.8 Å². The van der Waals surface area contributed by atoms with E-state index in [2.05, 4.69) is 11.4 Å². The standard InChI is InChI=1S/C23H22N2O3/c1-15-7-10-21-20(13-15)22(24-16(2)26)23(27)25(21)11-12-28-19-9-8-17-5-3-4-6-18(17)14-19/h3-10,13-14,22H,11-12H2,1-2H3,(H,24,26)/t22-/m1/s1. The molecular weight excluding hydrogens is 352 g/mol. The Hall–Kier alpha value is -3.34. The fourth-order valence-electron chi connectivity index (χ4n) is 3.64. The van der Waals surface area contributed by atoms with E-state index in [1.54, 1.807) is 4.90 Å².